The molecular weight excluding hydrogens is 306 g/mol. The molecule has 2 unspecified atom stereocenters. The molecule has 0 bridgehead atoms. The lowest BCUT2D eigenvalue weighted by molar-refractivity contribution is -0.117. The number of hydrogen-bond acceptors (Lipinski definition) is 4. The Morgan fingerprint density at radius 1 is 1.23 bits per heavy atom. The molecule has 0 radical (unpaired) electrons. The van der Waals surface area contributed by atoms with Crippen LogP contribution in [0.4, 0.5) is 5.69 Å². The van der Waals surface area contributed by atoms with Crippen LogP contribution in [0.2, 0.25) is 5.02 Å². The van der Waals surface area contributed by atoms with Crippen molar-refractivity contribution in [2.24, 2.45) is 5.92 Å². The monoisotopic (exact) mass is 319 g/mol. The van der Waals surface area contributed by atoms with Crippen molar-refractivity contribution in [3.05, 3.63) is 41.3 Å². The first-order chi connectivity index (χ1) is 10.7. The predicted molar refractivity (Wildman–Crippen MR) is 80.6 cm³/mol. The van der Waals surface area contributed by atoms with E-state index in [-0.39, 0.29) is 17.7 Å². The van der Waals surface area contributed by atoms with Crippen molar-refractivity contribution < 1.29 is 18.7 Å². The summed E-state index contributed by atoms with van der Waals surface area (Å²) in [7, 11) is 0. The van der Waals surface area contributed by atoms with E-state index in [1.165, 1.54) is 0 Å². The largest absolute Gasteiger partial charge is 0.486 e. The van der Waals surface area contributed by atoms with Crippen LogP contribution in [0.5, 0.6) is 11.5 Å². The fourth-order valence-electron chi connectivity index (χ4n) is 2.69. The van der Waals surface area contributed by atoms with Crippen molar-refractivity contribution in [2.75, 3.05) is 18.5 Å². The van der Waals surface area contributed by atoms with Crippen molar-refractivity contribution in [1.82, 2.24) is 0 Å². The highest BCUT2D eigenvalue weighted by Crippen LogP contribution is 2.48. The Labute approximate surface area is 132 Å². The number of carbonyl (C=O) groups is 1. The van der Waals surface area contributed by atoms with Gasteiger partial charge in [0.05, 0.1) is 17.0 Å². The molecule has 2 aromatic rings. The lowest BCUT2D eigenvalue weighted by Crippen LogP contribution is -2.17. The normalized spacial score (nSPS) is 22.2. The Morgan fingerprint density at radius 2 is 2.00 bits per heavy atom. The minimum atomic E-state index is -0.0737. The molecule has 0 spiro atoms. The van der Waals surface area contributed by atoms with Crippen LogP contribution in [0.15, 0.2) is 34.9 Å². The lowest BCUT2D eigenvalue weighted by Gasteiger charge is -2.20. The van der Waals surface area contributed by atoms with E-state index in [4.69, 9.17) is 25.5 Å². The van der Waals surface area contributed by atoms with Crippen molar-refractivity contribution in [3.8, 4) is 11.5 Å². The van der Waals surface area contributed by atoms with Crippen molar-refractivity contribution in [1.29, 1.82) is 0 Å². The van der Waals surface area contributed by atoms with E-state index >= 15 is 0 Å². The Hall–Kier alpha value is -2.14. The zero-order valence-electron chi connectivity index (χ0n) is 11.7. The third-order valence-corrected chi connectivity index (χ3v) is 4.24. The molecule has 4 rings (SSSR count). The highest BCUT2D eigenvalue weighted by Gasteiger charge is 2.46. The minimum Gasteiger partial charge on any atom is -0.486 e. The van der Waals surface area contributed by atoms with Crippen molar-refractivity contribution in [2.45, 2.75) is 12.3 Å². The molecule has 1 aliphatic carbocycles. The molecule has 1 fully saturated rings. The second-order valence-corrected chi connectivity index (χ2v) is 5.84. The van der Waals surface area contributed by atoms with E-state index in [1.54, 1.807) is 18.4 Å². The number of rotatable bonds is 3. The van der Waals surface area contributed by atoms with Gasteiger partial charge in [0.1, 0.15) is 19.0 Å². The molecule has 1 aliphatic heterocycles. The van der Waals surface area contributed by atoms with Gasteiger partial charge in [-0.25, -0.2) is 0 Å². The first kappa shape index (κ1) is 13.5. The fourth-order valence-corrected chi connectivity index (χ4v) is 2.89. The van der Waals surface area contributed by atoms with Gasteiger partial charge < -0.3 is 19.2 Å². The molecule has 114 valence electrons. The summed E-state index contributed by atoms with van der Waals surface area (Å²) in [6.45, 7) is 0.993. The number of ether oxygens (including phenoxy) is 2. The average molecular weight is 320 g/mol. The summed E-state index contributed by atoms with van der Waals surface area (Å²) in [5.74, 6) is 2.09. The van der Waals surface area contributed by atoms with Crippen LogP contribution in [0, 0.1) is 5.92 Å². The summed E-state index contributed by atoms with van der Waals surface area (Å²) >= 11 is 6.20. The van der Waals surface area contributed by atoms with Gasteiger partial charge in [-0.1, -0.05) is 11.6 Å². The zero-order chi connectivity index (χ0) is 15.1. The quantitative estimate of drug-likeness (QED) is 0.941. The number of hydrogen-bond donors (Lipinski definition) is 1. The van der Waals surface area contributed by atoms with Crippen LogP contribution in [-0.4, -0.2) is 19.1 Å². The summed E-state index contributed by atoms with van der Waals surface area (Å²) in [5.41, 5.74) is 0.543. The number of furan rings is 1. The molecule has 5 nitrogen and oxygen atoms in total. The van der Waals surface area contributed by atoms with Crippen LogP contribution in [0.25, 0.3) is 0 Å². The third-order valence-electron chi connectivity index (χ3n) is 3.93. The molecule has 2 heterocycles. The Morgan fingerprint density at radius 3 is 2.73 bits per heavy atom. The minimum absolute atomic E-state index is 0.0556. The van der Waals surface area contributed by atoms with E-state index in [1.807, 2.05) is 12.1 Å². The topological polar surface area (TPSA) is 60.7 Å². The average Bonchev–Trinajstić information content (AvgIpc) is 3.14. The highest BCUT2D eigenvalue weighted by molar-refractivity contribution is 6.34. The van der Waals surface area contributed by atoms with Gasteiger partial charge >= 0.3 is 0 Å². The number of nitrogens with one attached hydrogen (secondary N) is 1. The number of fused-ring (bicyclic) bond motifs is 1. The van der Waals surface area contributed by atoms with Gasteiger partial charge in [0, 0.05) is 24.0 Å². The fraction of sp³-hybridized carbons (Fsp3) is 0.312. The van der Waals surface area contributed by atoms with E-state index in [0.717, 1.165) is 12.2 Å². The summed E-state index contributed by atoms with van der Waals surface area (Å²) in [6.07, 6.45) is 2.42. The van der Waals surface area contributed by atoms with Gasteiger partial charge in [-0.3, -0.25) is 4.79 Å². The summed E-state index contributed by atoms with van der Waals surface area (Å²) in [6, 6.07) is 7.11. The molecule has 0 saturated heterocycles. The van der Waals surface area contributed by atoms with Gasteiger partial charge in [-0.05, 0) is 18.6 Å². The molecule has 1 amide bonds. The van der Waals surface area contributed by atoms with Crippen LogP contribution in [0.3, 0.4) is 0 Å². The van der Waals surface area contributed by atoms with Crippen molar-refractivity contribution in [3.63, 3.8) is 0 Å². The molecule has 1 saturated carbocycles. The Bertz CT molecular complexity index is 713. The molecule has 22 heavy (non-hydrogen) atoms. The van der Waals surface area contributed by atoms with Crippen LogP contribution in [0.1, 0.15) is 18.1 Å². The van der Waals surface area contributed by atoms with Crippen LogP contribution in [-0.2, 0) is 4.79 Å². The standard InChI is InChI=1S/C16H14ClNO4/c17-11-7-14-15(22-5-4-21-14)8-12(11)18-16(19)10-6-9(10)13-2-1-3-20-13/h1-3,7-10H,4-6H2,(H,18,19). The first-order valence-electron chi connectivity index (χ1n) is 7.16. The van der Waals surface area contributed by atoms with E-state index in [0.29, 0.717) is 35.4 Å². The van der Waals surface area contributed by atoms with E-state index < -0.39 is 0 Å². The maximum atomic E-state index is 12.3. The predicted octanol–water partition coefficient (Wildman–Crippen LogP) is 3.45. The number of benzene rings is 1. The number of carbonyl (C=O) groups excluding carboxylic acids is 1. The molecule has 1 N–H and O–H groups in total. The maximum absolute atomic E-state index is 12.3. The smallest absolute Gasteiger partial charge is 0.228 e. The maximum Gasteiger partial charge on any atom is 0.228 e. The summed E-state index contributed by atoms with van der Waals surface area (Å²) in [5, 5.41) is 3.30. The lowest BCUT2D eigenvalue weighted by atomic mass is 10.2. The Balaban J connectivity index is 1.48. The van der Waals surface area contributed by atoms with Gasteiger partial charge in [0.25, 0.3) is 0 Å². The van der Waals surface area contributed by atoms with Crippen LogP contribution >= 0.6 is 11.6 Å². The van der Waals surface area contributed by atoms with Gasteiger partial charge in [0.15, 0.2) is 11.5 Å². The van der Waals surface area contributed by atoms with E-state index in [9.17, 15) is 4.79 Å². The van der Waals surface area contributed by atoms with Gasteiger partial charge in [-0.15, -0.1) is 0 Å². The second-order valence-electron chi connectivity index (χ2n) is 5.43. The Kier molecular flexibility index (Phi) is 3.22. The van der Waals surface area contributed by atoms with Gasteiger partial charge in [-0.2, -0.15) is 0 Å². The molecule has 1 aromatic heterocycles. The molecule has 2 atom stereocenters. The second kappa shape index (κ2) is 5.25. The van der Waals surface area contributed by atoms with E-state index in [2.05, 4.69) is 5.32 Å². The number of amides is 1. The zero-order valence-corrected chi connectivity index (χ0v) is 12.4. The van der Waals surface area contributed by atoms with Crippen LogP contribution < -0.4 is 14.8 Å². The van der Waals surface area contributed by atoms with Gasteiger partial charge in [0.2, 0.25) is 5.91 Å². The highest BCUT2D eigenvalue weighted by atomic mass is 35.5. The molecule has 6 heteroatoms. The molecule has 2 aliphatic rings. The molecular formula is C16H14ClNO4. The first-order valence-corrected chi connectivity index (χ1v) is 7.53. The molecule has 1 aromatic carbocycles. The third kappa shape index (κ3) is 2.41. The number of anilines is 1. The summed E-state index contributed by atoms with van der Waals surface area (Å²) < 4.78 is 16.3. The summed E-state index contributed by atoms with van der Waals surface area (Å²) in [4.78, 5) is 12.3. The van der Waals surface area contributed by atoms with Crippen molar-refractivity contribution >= 4 is 23.2 Å². The SMILES string of the molecule is O=C(Nc1cc2c(cc1Cl)OCCO2)C1CC1c1ccco1. The number of halogens is 1.